The maximum atomic E-state index is 12.2. The maximum Gasteiger partial charge on any atom is 0.232 e. The van der Waals surface area contributed by atoms with Crippen molar-refractivity contribution in [2.45, 2.75) is 25.2 Å². The van der Waals surface area contributed by atoms with E-state index in [9.17, 15) is 4.79 Å². The van der Waals surface area contributed by atoms with Crippen molar-refractivity contribution < 1.29 is 4.79 Å². The number of benzene rings is 1. The Balaban J connectivity index is 1.87. The summed E-state index contributed by atoms with van der Waals surface area (Å²) in [4.78, 5) is 15.4. The molecule has 4 heteroatoms. The number of carbonyl (C=O) groups excluding carboxylic acids is 1. The molecular weight excluding hydrogens is 322 g/mol. The summed E-state index contributed by atoms with van der Waals surface area (Å²) < 4.78 is 1.06. The van der Waals surface area contributed by atoms with E-state index < -0.39 is 0 Å². The average Bonchev–Trinajstić information content (AvgIpc) is 2.35. The molecule has 1 amide bonds. The smallest absolute Gasteiger partial charge is 0.232 e. The lowest BCUT2D eigenvalue weighted by atomic mass is 9.92. The number of rotatable bonds is 3. The van der Waals surface area contributed by atoms with Gasteiger partial charge in [0.15, 0.2) is 0 Å². The van der Waals surface area contributed by atoms with E-state index in [2.05, 4.69) is 35.8 Å². The molecule has 1 aromatic rings. The fourth-order valence-corrected chi connectivity index (χ4v) is 4.07. The Hall–Kier alpha value is -0.480. The first-order chi connectivity index (χ1) is 9.04. The van der Waals surface area contributed by atoms with Gasteiger partial charge in [0, 0.05) is 22.5 Å². The number of amides is 1. The van der Waals surface area contributed by atoms with Crippen molar-refractivity contribution in [1.82, 2.24) is 4.90 Å². The standard InChI is InChI=1S/C15H20BrNOS/c1-11-6-12(2)9-17(8-11)15(18)10-19-14-5-3-4-13(16)7-14/h3-5,7,11-12H,6,8-10H2,1-2H3. The topological polar surface area (TPSA) is 20.3 Å². The summed E-state index contributed by atoms with van der Waals surface area (Å²) in [6.45, 7) is 6.30. The number of hydrogen-bond acceptors (Lipinski definition) is 2. The minimum absolute atomic E-state index is 0.267. The normalized spacial score (nSPS) is 23.4. The van der Waals surface area contributed by atoms with E-state index >= 15 is 0 Å². The Morgan fingerprint density at radius 1 is 1.37 bits per heavy atom. The van der Waals surface area contributed by atoms with Gasteiger partial charge in [-0.15, -0.1) is 11.8 Å². The van der Waals surface area contributed by atoms with Gasteiger partial charge in [0.2, 0.25) is 5.91 Å². The van der Waals surface area contributed by atoms with E-state index in [1.807, 2.05) is 23.1 Å². The highest BCUT2D eigenvalue weighted by atomic mass is 79.9. The van der Waals surface area contributed by atoms with Crippen LogP contribution in [0, 0.1) is 11.8 Å². The molecule has 2 atom stereocenters. The van der Waals surface area contributed by atoms with Crippen LogP contribution in [0.25, 0.3) is 0 Å². The van der Waals surface area contributed by atoms with E-state index in [1.54, 1.807) is 11.8 Å². The van der Waals surface area contributed by atoms with Gasteiger partial charge in [-0.1, -0.05) is 35.8 Å². The van der Waals surface area contributed by atoms with Crippen molar-refractivity contribution in [3.8, 4) is 0 Å². The zero-order valence-electron chi connectivity index (χ0n) is 11.4. The third kappa shape index (κ3) is 4.53. The van der Waals surface area contributed by atoms with Crippen LogP contribution in [-0.2, 0) is 4.79 Å². The average molecular weight is 342 g/mol. The molecule has 0 aromatic heterocycles. The maximum absolute atomic E-state index is 12.2. The lowest BCUT2D eigenvalue weighted by Gasteiger charge is -2.35. The third-order valence-corrected chi connectivity index (χ3v) is 4.85. The van der Waals surface area contributed by atoms with E-state index in [1.165, 1.54) is 6.42 Å². The summed E-state index contributed by atoms with van der Waals surface area (Å²) in [6, 6.07) is 8.10. The molecule has 2 unspecified atom stereocenters. The zero-order chi connectivity index (χ0) is 13.8. The lowest BCUT2D eigenvalue weighted by Crippen LogP contribution is -2.43. The van der Waals surface area contributed by atoms with Crippen LogP contribution in [0.5, 0.6) is 0 Å². The highest BCUT2D eigenvalue weighted by Gasteiger charge is 2.25. The van der Waals surface area contributed by atoms with E-state index in [-0.39, 0.29) is 5.91 Å². The molecule has 19 heavy (non-hydrogen) atoms. The molecule has 0 bridgehead atoms. The van der Waals surface area contributed by atoms with Gasteiger partial charge in [-0.05, 0) is 36.5 Å². The number of piperidine rings is 1. The Morgan fingerprint density at radius 2 is 2.05 bits per heavy atom. The van der Waals surface area contributed by atoms with E-state index in [0.29, 0.717) is 17.6 Å². The Kier molecular flexibility index (Phi) is 5.34. The van der Waals surface area contributed by atoms with Crippen molar-refractivity contribution in [2.24, 2.45) is 11.8 Å². The molecule has 0 N–H and O–H groups in total. The van der Waals surface area contributed by atoms with Crippen LogP contribution < -0.4 is 0 Å². The molecule has 0 aliphatic carbocycles. The summed E-state index contributed by atoms with van der Waals surface area (Å²) >= 11 is 5.07. The number of likely N-dealkylation sites (tertiary alicyclic amines) is 1. The van der Waals surface area contributed by atoms with Crippen LogP contribution >= 0.6 is 27.7 Å². The van der Waals surface area contributed by atoms with E-state index in [4.69, 9.17) is 0 Å². The van der Waals surface area contributed by atoms with Gasteiger partial charge >= 0.3 is 0 Å². The Bertz CT molecular complexity index is 442. The van der Waals surface area contributed by atoms with Gasteiger partial charge in [0.1, 0.15) is 0 Å². The second-order valence-electron chi connectivity index (χ2n) is 5.49. The Labute approximate surface area is 128 Å². The summed E-state index contributed by atoms with van der Waals surface area (Å²) in [5, 5.41) is 0. The highest BCUT2D eigenvalue weighted by molar-refractivity contribution is 9.10. The van der Waals surface area contributed by atoms with Gasteiger partial charge in [0.25, 0.3) is 0 Å². The first kappa shape index (κ1) is 14.9. The minimum atomic E-state index is 0.267. The summed E-state index contributed by atoms with van der Waals surface area (Å²) in [7, 11) is 0. The molecule has 1 aliphatic heterocycles. The third-order valence-electron chi connectivity index (χ3n) is 3.38. The Morgan fingerprint density at radius 3 is 2.68 bits per heavy atom. The highest BCUT2D eigenvalue weighted by Crippen LogP contribution is 2.25. The lowest BCUT2D eigenvalue weighted by molar-refractivity contribution is -0.130. The van der Waals surface area contributed by atoms with Crippen molar-refractivity contribution in [1.29, 1.82) is 0 Å². The van der Waals surface area contributed by atoms with Crippen molar-refractivity contribution in [3.05, 3.63) is 28.7 Å². The summed E-state index contributed by atoms with van der Waals surface area (Å²) in [6.07, 6.45) is 1.24. The monoisotopic (exact) mass is 341 g/mol. The number of halogens is 1. The number of thioether (sulfide) groups is 1. The first-order valence-electron chi connectivity index (χ1n) is 6.70. The molecular formula is C15H20BrNOS. The fraction of sp³-hybridized carbons (Fsp3) is 0.533. The second-order valence-corrected chi connectivity index (χ2v) is 7.46. The molecule has 1 saturated heterocycles. The van der Waals surface area contributed by atoms with Crippen LogP contribution in [-0.4, -0.2) is 29.6 Å². The van der Waals surface area contributed by atoms with Gasteiger partial charge in [0.05, 0.1) is 5.75 Å². The van der Waals surface area contributed by atoms with Crippen molar-refractivity contribution in [2.75, 3.05) is 18.8 Å². The molecule has 1 fully saturated rings. The predicted octanol–water partition coefficient (Wildman–Crippen LogP) is 4.05. The van der Waals surface area contributed by atoms with Crippen LogP contribution in [0.2, 0.25) is 0 Å². The van der Waals surface area contributed by atoms with Crippen LogP contribution in [0.15, 0.2) is 33.6 Å². The molecule has 1 aliphatic rings. The SMILES string of the molecule is CC1CC(C)CN(C(=O)CSc2cccc(Br)c2)C1. The summed E-state index contributed by atoms with van der Waals surface area (Å²) in [5.41, 5.74) is 0. The molecule has 2 nitrogen and oxygen atoms in total. The quantitative estimate of drug-likeness (QED) is 0.773. The summed E-state index contributed by atoms with van der Waals surface area (Å²) in [5.74, 6) is 2.06. The number of nitrogens with zero attached hydrogens (tertiary/aromatic N) is 1. The molecule has 104 valence electrons. The molecule has 0 saturated carbocycles. The number of hydrogen-bond donors (Lipinski definition) is 0. The van der Waals surface area contributed by atoms with Gasteiger partial charge in [-0.2, -0.15) is 0 Å². The minimum Gasteiger partial charge on any atom is -0.341 e. The molecule has 0 spiro atoms. The predicted molar refractivity (Wildman–Crippen MR) is 84.4 cm³/mol. The molecule has 1 aromatic carbocycles. The number of carbonyl (C=O) groups is 1. The fourth-order valence-electron chi connectivity index (χ4n) is 2.66. The molecule has 1 heterocycles. The van der Waals surface area contributed by atoms with Crippen LogP contribution in [0.4, 0.5) is 0 Å². The van der Waals surface area contributed by atoms with E-state index in [0.717, 1.165) is 22.5 Å². The molecule has 0 radical (unpaired) electrons. The van der Waals surface area contributed by atoms with Crippen LogP contribution in [0.3, 0.4) is 0 Å². The largest absolute Gasteiger partial charge is 0.341 e. The zero-order valence-corrected chi connectivity index (χ0v) is 13.8. The van der Waals surface area contributed by atoms with Gasteiger partial charge in [-0.3, -0.25) is 4.79 Å². The molecule has 2 rings (SSSR count). The second kappa shape index (κ2) is 6.80. The first-order valence-corrected chi connectivity index (χ1v) is 8.48. The van der Waals surface area contributed by atoms with Crippen LogP contribution in [0.1, 0.15) is 20.3 Å². The van der Waals surface area contributed by atoms with Crippen molar-refractivity contribution in [3.63, 3.8) is 0 Å². The van der Waals surface area contributed by atoms with Gasteiger partial charge < -0.3 is 4.90 Å². The van der Waals surface area contributed by atoms with Crippen molar-refractivity contribution >= 4 is 33.6 Å². The van der Waals surface area contributed by atoms with Gasteiger partial charge in [-0.25, -0.2) is 0 Å².